The molecule has 1 unspecified atom stereocenters. The summed E-state index contributed by atoms with van der Waals surface area (Å²) in [5.41, 5.74) is 6.89. The molecule has 0 radical (unpaired) electrons. The molecule has 1 fully saturated rings. The van der Waals surface area contributed by atoms with Gasteiger partial charge in [0.05, 0.1) is 10.7 Å². The number of aryl methyl sites for hydroxylation is 1. The van der Waals surface area contributed by atoms with Crippen LogP contribution in [0.4, 0.5) is 0 Å². The number of hydrogen-bond acceptors (Lipinski definition) is 3. The van der Waals surface area contributed by atoms with Crippen LogP contribution in [-0.4, -0.2) is 11.5 Å². The number of thiazole rings is 1. The highest BCUT2D eigenvalue weighted by Gasteiger charge is 2.24. The van der Waals surface area contributed by atoms with E-state index in [1.54, 1.807) is 0 Å². The molecule has 1 aliphatic carbocycles. The first-order chi connectivity index (χ1) is 6.72. The molecule has 78 valence electrons. The summed E-state index contributed by atoms with van der Waals surface area (Å²) in [6.07, 6.45) is 4.05. The maximum Gasteiger partial charge on any atom is 0.0961 e. The molecule has 1 aliphatic rings. The quantitative estimate of drug-likeness (QED) is 0.833. The molecule has 0 bridgehead atoms. The molecule has 3 heteroatoms. The van der Waals surface area contributed by atoms with Crippen LogP contribution in [0.25, 0.3) is 0 Å². The molecule has 0 saturated heterocycles. The third-order valence-electron chi connectivity index (χ3n) is 3.10. The lowest BCUT2D eigenvalue weighted by Gasteiger charge is -2.22. The third kappa shape index (κ3) is 1.71. The zero-order chi connectivity index (χ0) is 10.1. The molecule has 0 aromatic carbocycles. The number of hydrogen-bond donors (Lipinski definition) is 1. The minimum absolute atomic E-state index is 0.473. The van der Waals surface area contributed by atoms with Crippen LogP contribution < -0.4 is 5.73 Å². The van der Waals surface area contributed by atoms with Gasteiger partial charge in [-0.15, -0.1) is 11.3 Å². The molecule has 0 amide bonds. The van der Waals surface area contributed by atoms with Crippen molar-refractivity contribution in [2.24, 2.45) is 5.73 Å². The van der Waals surface area contributed by atoms with E-state index in [9.17, 15) is 0 Å². The highest BCUT2D eigenvalue weighted by molar-refractivity contribution is 7.12. The maximum absolute atomic E-state index is 5.68. The number of nitrogens with two attached hydrogens (primary N) is 1. The lowest BCUT2D eigenvalue weighted by molar-refractivity contribution is 0.418. The summed E-state index contributed by atoms with van der Waals surface area (Å²) < 4.78 is 0. The molecule has 2 N–H and O–H groups in total. The monoisotopic (exact) mass is 210 g/mol. The lowest BCUT2D eigenvalue weighted by atomic mass is 9.86. The van der Waals surface area contributed by atoms with E-state index in [4.69, 9.17) is 5.73 Å². The summed E-state index contributed by atoms with van der Waals surface area (Å²) in [5, 5.41) is 1.35. The molecule has 2 nitrogen and oxygen atoms in total. The van der Waals surface area contributed by atoms with E-state index in [0.717, 1.165) is 12.5 Å². The Morgan fingerprint density at radius 3 is 2.79 bits per heavy atom. The molecule has 1 saturated carbocycles. The molecule has 0 aliphatic heterocycles. The van der Waals surface area contributed by atoms with Gasteiger partial charge in [-0.2, -0.15) is 0 Å². The van der Waals surface area contributed by atoms with Crippen LogP contribution in [0.1, 0.15) is 53.6 Å². The summed E-state index contributed by atoms with van der Waals surface area (Å²) in [5.74, 6) is 1.23. The minimum atomic E-state index is 0.473. The number of nitrogens with zero attached hydrogens (tertiary/aromatic N) is 1. The van der Waals surface area contributed by atoms with Gasteiger partial charge >= 0.3 is 0 Å². The van der Waals surface area contributed by atoms with Gasteiger partial charge in [-0.1, -0.05) is 13.3 Å². The zero-order valence-electron chi connectivity index (χ0n) is 8.92. The predicted molar refractivity (Wildman–Crippen MR) is 60.9 cm³/mol. The Kier molecular flexibility index (Phi) is 2.88. The molecule has 0 spiro atoms. The van der Waals surface area contributed by atoms with E-state index < -0.39 is 0 Å². The second kappa shape index (κ2) is 3.99. The van der Waals surface area contributed by atoms with E-state index >= 15 is 0 Å². The molecular weight excluding hydrogens is 192 g/mol. The molecule has 1 heterocycles. The van der Waals surface area contributed by atoms with Crippen molar-refractivity contribution < 1.29 is 0 Å². The van der Waals surface area contributed by atoms with E-state index in [2.05, 4.69) is 18.8 Å². The van der Waals surface area contributed by atoms with Crippen LogP contribution >= 0.6 is 11.3 Å². The van der Waals surface area contributed by atoms with Crippen molar-refractivity contribution in [2.75, 3.05) is 6.54 Å². The molecule has 2 rings (SSSR count). The van der Waals surface area contributed by atoms with Gasteiger partial charge < -0.3 is 5.73 Å². The fourth-order valence-electron chi connectivity index (χ4n) is 1.82. The molecule has 1 aromatic heterocycles. The highest BCUT2D eigenvalue weighted by Crippen LogP contribution is 2.40. The number of rotatable bonds is 3. The smallest absolute Gasteiger partial charge is 0.0961 e. The first-order valence-electron chi connectivity index (χ1n) is 5.39. The van der Waals surface area contributed by atoms with Crippen molar-refractivity contribution >= 4 is 11.3 Å². The van der Waals surface area contributed by atoms with Crippen molar-refractivity contribution in [2.45, 2.75) is 44.9 Å². The Balaban J connectivity index is 2.20. The Morgan fingerprint density at radius 2 is 2.29 bits per heavy atom. The van der Waals surface area contributed by atoms with Gasteiger partial charge in [0.15, 0.2) is 0 Å². The van der Waals surface area contributed by atoms with E-state index in [0.29, 0.717) is 5.92 Å². The average molecular weight is 210 g/mol. The van der Waals surface area contributed by atoms with Crippen LogP contribution in [0.5, 0.6) is 0 Å². The fourth-order valence-corrected chi connectivity index (χ4v) is 3.12. The topological polar surface area (TPSA) is 38.9 Å². The second-order valence-corrected chi connectivity index (χ2v) is 5.33. The van der Waals surface area contributed by atoms with Crippen molar-refractivity contribution in [3.63, 3.8) is 0 Å². The van der Waals surface area contributed by atoms with Gasteiger partial charge in [-0.05, 0) is 26.3 Å². The Hall–Kier alpha value is -0.410. The molecule has 14 heavy (non-hydrogen) atoms. The van der Waals surface area contributed by atoms with Crippen LogP contribution in [0.2, 0.25) is 0 Å². The maximum atomic E-state index is 5.68. The zero-order valence-corrected chi connectivity index (χ0v) is 9.73. The average Bonchev–Trinajstić information content (AvgIpc) is 2.43. The van der Waals surface area contributed by atoms with Crippen molar-refractivity contribution in [3.05, 3.63) is 15.6 Å². The van der Waals surface area contributed by atoms with Gasteiger partial charge in [0, 0.05) is 16.7 Å². The molecular formula is C11H18N2S. The lowest BCUT2D eigenvalue weighted by Crippen LogP contribution is -2.08. The second-order valence-electron chi connectivity index (χ2n) is 4.27. The third-order valence-corrected chi connectivity index (χ3v) is 4.66. The Bertz CT molecular complexity index is 315. The van der Waals surface area contributed by atoms with Crippen LogP contribution in [0, 0.1) is 6.92 Å². The van der Waals surface area contributed by atoms with Gasteiger partial charge in [0.2, 0.25) is 0 Å². The van der Waals surface area contributed by atoms with E-state index in [-0.39, 0.29) is 0 Å². The van der Waals surface area contributed by atoms with Crippen molar-refractivity contribution in [1.82, 2.24) is 4.98 Å². The summed E-state index contributed by atoms with van der Waals surface area (Å²) in [6, 6.07) is 0. The van der Waals surface area contributed by atoms with E-state index in [1.165, 1.54) is 34.8 Å². The van der Waals surface area contributed by atoms with Crippen LogP contribution in [0.15, 0.2) is 0 Å². The minimum Gasteiger partial charge on any atom is -0.330 e. The normalized spacial score (nSPS) is 19.4. The summed E-state index contributed by atoms with van der Waals surface area (Å²) in [4.78, 5) is 6.06. The first-order valence-corrected chi connectivity index (χ1v) is 6.21. The Morgan fingerprint density at radius 1 is 1.57 bits per heavy atom. The van der Waals surface area contributed by atoms with Crippen molar-refractivity contribution in [3.8, 4) is 0 Å². The molecule has 1 aromatic rings. The van der Waals surface area contributed by atoms with Gasteiger partial charge in [0.25, 0.3) is 0 Å². The Labute approximate surface area is 89.5 Å². The fraction of sp³-hybridized carbons (Fsp3) is 0.727. The van der Waals surface area contributed by atoms with Gasteiger partial charge in [-0.3, -0.25) is 0 Å². The van der Waals surface area contributed by atoms with Crippen LogP contribution in [0.3, 0.4) is 0 Å². The summed E-state index contributed by atoms with van der Waals surface area (Å²) >= 11 is 1.88. The predicted octanol–water partition coefficient (Wildman–Crippen LogP) is 2.78. The first kappa shape index (κ1) is 10.1. The van der Waals surface area contributed by atoms with Crippen LogP contribution in [-0.2, 0) is 0 Å². The van der Waals surface area contributed by atoms with Crippen molar-refractivity contribution in [1.29, 1.82) is 0 Å². The molecule has 1 atom stereocenters. The number of aromatic nitrogens is 1. The standard InChI is InChI=1S/C11H18N2S/c1-7(6-12)10-8(2)13-11(14-10)9-4-3-5-9/h7,9H,3-6,12H2,1-2H3. The highest BCUT2D eigenvalue weighted by atomic mass is 32.1. The SMILES string of the molecule is Cc1nc(C2CCC2)sc1C(C)CN. The largest absolute Gasteiger partial charge is 0.330 e. The summed E-state index contributed by atoms with van der Waals surface area (Å²) in [7, 11) is 0. The van der Waals surface area contributed by atoms with Gasteiger partial charge in [0.1, 0.15) is 0 Å². The van der Waals surface area contributed by atoms with E-state index in [1.807, 2.05) is 11.3 Å². The summed E-state index contributed by atoms with van der Waals surface area (Å²) in [6.45, 7) is 5.03. The van der Waals surface area contributed by atoms with Gasteiger partial charge in [-0.25, -0.2) is 4.98 Å².